The van der Waals surface area contributed by atoms with E-state index in [4.69, 9.17) is 4.74 Å². The molecule has 0 spiro atoms. The summed E-state index contributed by atoms with van der Waals surface area (Å²) in [5.74, 6) is 1.16. The predicted molar refractivity (Wildman–Crippen MR) is 106 cm³/mol. The zero-order chi connectivity index (χ0) is 19.1. The van der Waals surface area contributed by atoms with E-state index in [9.17, 15) is 4.79 Å². The second kappa shape index (κ2) is 9.53. The number of para-hydroxylation sites is 1. The first-order valence-corrected chi connectivity index (χ1v) is 9.50. The van der Waals surface area contributed by atoms with Crippen LogP contribution in [0.3, 0.4) is 0 Å². The minimum Gasteiger partial charge on any atom is -0.383 e. The average molecular weight is 371 g/mol. The zero-order valence-corrected chi connectivity index (χ0v) is 16.2. The van der Waals surface area contributed by atoms with Crippen LogP contribution in [-0.4, -0.2) is 72.6 Å². The number of urea groups is 1. The molecule has 0 saturated carbocycles. The van der Waals surface area contributed by atoms with Crippen molar-refractivity contribution in [3.05, 3.63) is 42.6 Å². The van der Waals surface area contributed by atoms with Gasteiger partial charge >= 0.3 is 6.03 Å². The van der Waals surface area contributed by atoms with Crippen LogP contribution in [0.15, 0.2) is 42.6 Å². The third-order valence-corrected chi connectivity index (χ3v) is 4.97. The quantitative estimate of drug-likeness (QED) is 0.813. The molecule has 2 amide bonds. The molecule has 7 nitrogen and oxygen atoms in total. The molecule has 0 bridgehead atoms. The Balaban J connectivity index is 1.55. The van der Waals surface area contributed by atoms with E-state index in [2.05, 4.69) is 15.3 Å². The van der Waals surface area contributed by atoms with E-state index in [1.807, 2.05) is 43.4 Å². The van der Waals surface area contributed by atoms with Crippen LogP contribution in [0.4, 0.5) is 10.6 Å². The fourth-order valence-corrected chi connectivity index (χ4v) is 3.57. The Morgan fingerprint density at radius 3 is 2.93 bits per heavy atom. The van der Waals surface area contributed by atoms with Gasteiger partial charge in [-0.3, -0.25) is 5.32 Å². The predicted octanol–water partition coefficient (Wildman–Crippen LogP) is 2.69. The lowest BCUT2D eigenvalue weighted by molar-refractivity contribution is 0.106. The Bertz CT molecular complexity index is 718. The molecule has 2 aromatic rings. The lowest BCUT2D eigenvalue weighted by atomic mass is 9.97. The highest BCUT2D eigenvalue weighted by atomic mass is 16.5. The number of benzene rings is 1. The van der Waals surface area contributed by atoms with Gasteiger partial charge in [-0.05, 0) is 37.4 Å². The summed E-state index contributed by atoms with van der Waals surface area (Å²) in [5, 5.41) is 7.30. The molecule has 1 aliphatic rings. The van der Waals surface area contributed by atoms with Crippen molar-refractivity contribution in [3.8, 4) is 5.69 Å². The fraction of sp³-hybridized carbons (Fsp3) is 0.500. The molecule has 0 radical (unpaired) electrons. The van der Waals surface area contributed by atoms with Gasteiger partial charge in [0, 0.05) is 39.9 Å². The Morgan fingerprint density at radius 2 is 2.15 bits per heavy atom. The van der Waals surface area contributed by atoms with E-state index < -0.39 is 0 Å². The lowest BCUT2D eigenvalue weighted by Crippen LogP contribution is -2.43. The van der Waals surface area contributed by atoms with Gasteiger partial charge < -0.3 is 14.5 Å². The number of amides is 2. The summed E-state index contributed by atoms with van der Waals surface area (Å²) < 4.78 is 6.92. The molecule has 7 heteroatoms. The SMILES string of the molecule is COCCN1CCCC(CN(C)C(=O)Nc2ccnn2-c2ccccc2)C1. The molecule has 0 aliphatic carbocycles. The molecular formula is C20H29N5O2. The molecule has 1 aromatic carbocycles. The number of carbonyl (C=O) groups excluding carboxylic acids is 1. The van der Waals surface area contributed by atoms with Gasteiger partial charge in [-0.2, -0.15) is 5.10 Å². The van der Waals surface area contributed by atoms with Crippen LogP contribution in [0.2, 0.25) is 0 Å². The highest BCUT2D eigenvalue weighted by Gasteiger charge is 2.23. The summed E-state index contributed by atoms with van der Waals surface area (Å²) in [7, 11) is 3.59. The highest BCUT2D eigenvalue weighted by Crippen LogP contribution is 2.18. The van der Waals surface area contributed by atoms with Crippen LogP contribution in [0, 0.1) is 5.92 Å². The van der Waals surface area contributed by atoms with Gasteiger partial charge in [0.15, 0.2) is 0 Å². The van der Waals surface area contributed by atoms with Crippen LogP contribution in [0.5, 0.6) is 0 Å². The Labute approximate surface area is 160 Å². The first-order valence-electron chi connectivity index (χ1n) is 9.50. The number of hydrogen-bond donors (Lipinski definition) is 1. The van der Waals surface area contributed by atoms with E-state index in [1.165, 1.54) is 6.42 Å². The van der Waals surface area contributed by atoms with E-state index in [-0.39, 0.29) is 6.03 Å². The van der Waals surface area contributed by atoms with Gasteiger partial charge in [0.1, 0.15) is 5.82 Å². The molecule has 3 rings (SSSR count). The average Bonchev–Trinajstić information content (AvgIpc) is 3.15. The second-order valence-electron chi connectivity index (χ2n) is 7.08. The Morgan fingerprint density at radius 1 is 1.33 bits per heavy atom. The number of nitrogens with one attached hydrogen (secondary N) is 1. The molecule has 1 saturated heterocycles. The maximum Gasteiger partial charge on any atom is 0.322 e. The molecule has 1 fully saturated rings. The van der Waals surface area contributed by atoms with Crippen molar-refractivity contribution in [2.75, 3.05) is 52.3 Å². The number of likely N-dealkylation sites (tertiary alicyclic amines) is 1. The molecule has 27 heavy (non-hydrogen) atoms. The van der Waals surface area contributed by atoms with Crippen molar-refractivity contribution in [1.29, 1.82) is 0 Å². The number of rotatable bonds is 7. The summed E-state index contributed by atoms with van der Waals surface area (Å²) >= 11 is 0. The number of methoxy groups -OCH3 is 1. The van der Waals surface area contributed by atoms with E-state index in [1.54, 1.807) is 22.9 Å². The maximum atomic E-state index is 12.7. The molecule has 1 unspecified atom stereocenters. The molecule has 1 aliphatic heterocycles. The number of hydrogen-bond acceptors (Lipinski definition) is 4. The number of anilines is 1. The largest absolute Gasteiger partial charge is 0.383 e. The summed E-state index contributed by atoms with van der Waals surface area (Å²) in [4.78, 5) is 16.9. The first-order chi connectivity index (χ1) is 13.2. The minimum absolute atomic E-state index is 0.110. The molecule has 2 heterocycles. The number of carbonyl (C=O) groups is 1. The normalized spacial score (nSPS) is 17.6. The van der Waals surface area contributed by atoms with Crippen molar-refractivity contribution < 1.29 is 9.53 Å². The maximum absolute atomic E-state index is 12.7. The molecular weight excluding hydrogens is 342 g/mol. The first kappa shape index (κ1) is 19.4. The van der Waals surface area contributed by atoms with Crippen molar-refractivity contribution in [2.45, 2.75) is 12.8 Å². The Kier molecular flexibility index (Phi) is 6.84. The standard InChI is InChI=1S/C20H29N5O2/c1-23(15-17-7-6-12-24(16-17)13-14-27-2)20(26)22-19-10-11-21-25(19)18-8-4-3-5-9-18/h3-5,8-11,17H,6-7,12-16H2,1-2H3,(H,22,26). The second-order valence-corrected chi connectivity index (χ2v) is 7.08. The van der Waals surface area contributed by atoms with Gasteiger partial charge in [-0.15, -0.1) is 0 Å². The molecule has 1 atom stereocenters. The van der Waals surface area contributed by atoms with Gasteiger partial charge in [0.25, 0.3) is 0 Å². The van der Waals surface area contributed by atoms with E-state index >= 15 is 0 Å². The topological polar surface area (TPSA) is 62.6 Å². The summed E-state index contributed by atoms with van der Waals surface area (Å²) in [6.07, 6.45) is 4.02. The fourth-order valence-electron chi connectivity index (χ4n) is 3.57. The van der Waals surface area contributed by atoms with Crippen LogP contribution < -0.4 is 5.32 Å². The summed E-state index contributed by atoms with van der Waals surface area (Å²) in [5.41, 5.74) is 0.918. The minimum atomic E-state index is -0.110. The monoisotopic (exact) mass is 371 g/mol. The summed E-state index contributed by atoms with van der Waals surface area (Å²) in [6.45, 7) is 4.59. The van der Waals surface area contributed by atoms with Crippen molar-refractivity contribution in [3.63, 3.8) is 0 Å². The van der Waals surface area contributed by atoms with E-state index in [0.29, 0.717) is 11.7 Å². The van der Waals surface area contributed by atoms with Crippen molar-refractivity contribution in [1.82, 2.24) is 19.6 Å². The molecule has 1 N–H and O–H groups in total. The molecule has 146 valence electrons. The zero-order valence-electron chi connectivity index (χ0n) is 16.2. The summed E-state index contributed by atoms with van der Waals surface area (Å²) in [6, 6.07) is 11.5. The van der Waals surface area contributed by atoms with Crippen LogP contribution in [0.25, 0.3) is 5.69 Å². The highest BCUT2D eigenvalue weighted by molar-refractivity contribution is 5.88. The van der Waals surface area contributed by atoms with Gasteiger partial charge in [-0.25, -0.2) is 9.48 Å². The van der Waals surface area contributed by atoms with Gasteiger partial charge in [-0.1, -0.05) is 18.2 Å². The smallest absolute Gasteiger partial charge is 0.322 e. The van der Waals surface area contributed by atoms with Crippen molar-refractivity contribution >= 4 is 11.8 Å². The van der Waals surface area contributed by atoms with Gasteiger partial charge in [0.05, 0.1) is 18.5 Å². The third kappa shape index (κ3) is 5.30. The van der Waals surface area contributed by atoms with Gasteiger partial charge in [0.2, 0.25) is 0 Å². The van der Waals surface area contributed by atoms with Crippen LogP contribution in [0.1, 0.15) is 12.8 Å². The Hall–Kier alpha value is -2.38. The number of aromatic nitrogens is 2. The molecule has 1 aromatic heterocycles. The number of nitrogens with zero attached hydrogens (tertiary/aromatic N) is 4. The van der Waals surface area contributed by atoms with E-state index in [0.717, 1.165) is 44.9 Å². The number of piperidine rings is 1. The third-order valence-electron chi connectivity index (χ3n) is 4.97. The van der Waals surface area contributed by atoms with Crippen LogP contribution >= 0.6 is 0 Å². The lowest BCUT2D eigenvalue weighted by Gasteiger charge is -2.34. The number of ether oxygens (including phenoxy) is 1. The van der Waals surface area contributed by atoms with Crippen molar-refractivity contribution in [2.24, 2.45) is 5.92 Å². The van der Waals surface area contributed by atoms with Crippen LogP contribution in [-0.2, 0) is 4.74 Å².